The fourth-order valence-electron chi connectivity index (χ4n) is 2.10. The van der Waals surface area contributed by atoms with E-state index in [0.29, 0.717) is 13.0 Å². The molecule has 2 aliphatic rings. The van der Waals surface area contributed by atoms with Crippen molar-refractivity contribution in [1.29, 1.82) is 0 Å². The minimum absolute atomic E-state index is 0.0478. The normalized spacial score (nSPS) is 27.8. The van der Waals surface area contributed by atoms with Crippen molar-refractivity contribution in [2.45, 2.75) is 44.2 Å². The summed E-state index contributed by atoms with van der Waals surface area (Å²) in [6.07, 6.45) is 4.18. The van der Waals surface area contributed by atoms with Gasteiger partial charge in [0, 0.05) is 18.0 Å². The second-order valence-corrected chi connectivity index (χ2v) is 4.40. The molecule has 0 radical (unpaired) electrons. The number of amides is 1. The molecule has 1 unspecified atom stereocenters. The molecule has 4 nitrogen and oxygen atoms in total. The lowest BCUT2D eigenvalue weighted by Crippen LogP contribution is -2.52. The van der Waals surface area contributed by atoms with Crippen LogP contribution < -0.4 is 11.2 Å². The van der Waals surface area contributed by atoms with Crippen molar-refractivity contribution >= 4 is 5.91 Å². The molecule has 0 aromatic carbocycles. The van der Waals surface area contributed by atoms with Gasteiger partial charge in [-0.1, -0.05) is 0 Å². The van der Waals surface area contributed by atoms with Crippen LogP contribution in [0.25, 0.3) is 0 Å². The molecule has 1 amide bonds. The summed E-state index contributed by atoms with van der Waals surface area (Å²) in [4.78, 5) is 11.5. The number of hydrazine groups is 1. The maximum absolute atomic E-state index is 11.5. The van der Waals surface area contributed by atoms with Crippen LogP contribution in [0.4, 0.5) is 0 Å². The molecular weight excluding hydrogens is 166 g/mol. The molecular formula is C9H17N3O. The van der Waals surface area contributed by atoms with Gasteiger partial charge in [-0.25, -0.2) is 5.43 Å². The molecule has 1 saturated heterocycles. The van der Waals surface area contributed by atoms with E-state index in [1.54, 1.807) is 5.01 Å². The minimum atomic E-state index is 0.0478. The third kappa shape index (κ3) is 1.56. The zero-order valence-electron chi connectivity index (χ0n) is 8.05. The van der Waals surface area contributed by atoms with Crippen molar-refractivity contribution in [2.24, 2.45) is 5.73 Å². The van der Waals surface area contributed by atoms with Crippen LogP contribution in [0.2, 0.25) is 0 Å². The average Bonchev–Trinajstić information content (AvgIpc) is 2.27. The summed E-state index contributed by atoms with van der Waals surface area (Å²) < 4.78 is 0. The highest BCUT2D eigenvalue weighted by Crippen LogP contribution is 2.38. The lowest BCUT2D eigenvalue weighted by atomic mass is 9.76. The standard InChI is InChI=1S/C9H17N3O/c1-7(10)6-12-8(13)5-9(11-12)3-2-4-9/h7,11H,2-6,10H2,1H3. The average molecular weight is 183 g/mol. The van der Waals surface area contributed by atoms with Gasteiger partial charge in [-0.15, -0.1) is 0 Å². The third-order valence-corrected chi connectivity index (χ3v) is 2.94. The second-order valence-electron chi connectivity index (χ2n) is 4.40. The Morgan fingerprint density at radius 2 is 2.38 bits per heavy atom. The van der Waals surface area contributed by atoms with Gasteiger partial charge in [-0.3, -0.25) is 9.80 Å². The summed E-state index contributed by atoms with van der Waals surface area (Å²) >= 11 is 0. The van der Waals surface area contributed by atoms with Gasteiger partial charge in [0.2, 0.25) is 5.91 Å². The van der Waals surface area contributed by atoms with Crippen LogP contribution in [0.5, 0.6) is 0 Å². The molecule has 0 aromatic rings. The summed E-state index contributed by atoms with van der Waals surface area (Å²) in [5.74, 6) is 0.206. The van der Waals surface area contributed by atoms with E-state index >= 15 is 0 Å². The fraction of sp³-hybridized carbons (Fsp3) is 0.889. The van der Waals surface area contributed by atoms with Crippen LogP contribution >= 0.6 is 0 Å². The Bertz CT molecular complexity index is 223. The molecule has 2 fully saturated rings. The lowest BCUT2D eigenvalue weighted by molar-refractivity contribution is -0.129. The van der Waals surface area contributed by atoms with Crippen molar-refractivity contribution in [2.75, 3.05) is 6.54 Å². The minimum Gasteiger partial charge on any atom is -0.326 e. The van der Waals surface area contributed by atoms with Crippen LogP contribution in [0.15, 0.2) is 0 Å². The molecule has 13 heavy (non-hydrogen) atoms. The van der Waals surface area contributed by atoms with Crippen molar-refractivity contribution in [1.82, 2.24) is 10.4 Å². The summed E-state index contributed by atoms with van der Waals surface area (Å²) in [5, 5.41) is 1.70. The van der Waals surface area contributed by atoms with E-state index in [0.717, 1.165) is 12.8 Å². The zero-order chi connectivity index (χ0) is 9.47. The predicted octanol–water partition coefficient (Wildman–Crippen LogP) is -0.00680. The molecule has 1 saturated carbocycles. The maximum atomic E-state index is 11.5. The van der Waals surface area contributed by atoms with Gasteiger partial charge in [-0.2, -0.15) is 0 Å². The van der Waals surface area contributed by atoms with Gasteiger partial charge in [-0.05, 0) is 26.2 Å². The van der Waals surface area contributed by atoms with E-state index in [9.17, 15) is 4.79 Å². The van der Waals surface area contributed by atoms with E-state index in [-0.39, 0.29) is 17.5 Å². The Kier molecular flexibility index (Phi) is 2.04. The Hall–Kier alpha value is -0.610. The molecule has 0 aromatic heterocycles. The number of hydrogen-bond acceptors (Lipinski definition) is 3. The molecule has 1 aliphatic heterocycles. The number of nitrogens with two attached hydrogens (primary N) is 1. The zero-order valence-corrected chi connectivity index (χ0v) is 8.05. The SMILES string of the molecule is CC(N)CN1NC2(CCC2)CC1=O. The summed E-state index contributed by atoms with van der Waals surface area (Å²) in [6.45, 7) is 2.54. The first kappa shape index (κ1) is 8.97. The number of nitrogens with zero attached hydrogens (tertiary/aromatic N) is 1. The molecule has 4 heteroatoms. The van der Waals surface area contributed by atoms with Gasteiger partial charge in [0.1, 0.15) is 0 Å². The Labute approximate surface area is 78.4 Å². The first-order chi connectivity index (χ1) is 6.11. The largest absolute Gasteiger partial charge is 0.326 e. The van der Waals surface area contributed by atoms with Crippen molar-refractivity contribution in [3.05, 3.63) is 0 Å². The van der Waals surface area contributed by atoms with E-state index in [4.69, 9.17) is 5.73 Å². The summed E-state index contributed by atoms with van der Waals surface area (Å²) in [6, 6.07) is 0.0478. The molecule has 1 aliphatic carbocycles. The van der Waals surface area contributed by atoms with Crippen LogP contribution in [0.3, 0.4) is 0 Å². The van der Waals surface area contributed by atoms with E-state index in [1.165, 1.54) is 6.42 Å². The second kappa shape index (κ2) is 2.96. The highest BCUT2D eigenvalue weighted by atomic mass is 16.2. The smallest absolute Gasteiger partial charge is 0.238 e. The quantitative estimate of drug-likeness (QED) is 0.633. The fourth-order valence-corrected chi connectivity index (χ4v) is 2.10. The summed E-state index contributed by atoms with van der Waals surface area (Å²) in [5.41, 5.74) is 9.05. The number of carbonyl (C=O) groups is 1. The maximum Gasteiger partial charge on any atom is 0.238 e. The predicted molar refractivity (Wildman–Crippen MR) is 49.7 cm³/mol. The number of carbonyl (C=O) groups excluding carboxylic acids is 1. The Morgan fingerprint density at radius 1 is 1.69 bits per heavy atom. The molecule has 1 spiro atoms. The highest BCUT2D eigenvalue weighted by Gasteiger charge is 2.46. The van der Waals surface area contributed by atoms with E-state index < -0.39 is 0 Å². The van der Waals surface area contributed by atoms with Crippen LogP contribution in [-0.2, 0) is 4.79 Å². The molecule has 1 heterocycles. The van der Waals surface area contributed by atoms with Gasteiger partial charge in [0.15, 0.2) is 0 Å². The first-order valence-electron chi connectivity index (χ1n) is 4.95. The monoisotopic (exact) mass is 183 g/mol. The van der Waals surface area contributed by atoms with E-state index in [2.05, 4.69) is 5.43 Å². The molecule has 2 rings (SSSR count). The van der Waals surface area contributed by atoms with E-state index in [1.807, 2.05) is 6.92 Å². The number of hydrogen-bond donors (Lipinski definition) is 2. The van der Waals surface area contributed by atoms with Crippen molar-refractivity contribution in [3.8, 4) is 0 Å². The van der Waals surface area contributed by atoms with Gasteiger partial charge in [0.05, 0.1) is 6.54 Å². The number of rotatable bonds is 2. The Balaban J connectivity index is 1.95. The molecule has 0 bridgehead atoms. The first-order valence-corrected chi connectivity index (χ1v) is 4.95. The topological polar surface area (TPSA) is 58.4 Å². The number of nitrogens with one attached hydrogen (secondary N) is 1. The molecule has 3 N–H and O–H groups in total. The highest BCUT2D eigenvalue weighted by molar-refractivity contribution is 5.79. The van der Waals surface area contributed by atoms with Gasteiger partial charge < -0.3 is 5.73 Å². The Morgan fingerprint density at radius 3 is 2.77 bits per heavy atom. The van der Waals surface area contributed by atoms with Crippen LogP contribution in [0, 0.1) is 0 Å². The van der Waals surface area contributed by atoms with Crippen LogP contribution in [-0.4, -0.2) is 29.0 Å². The molecule has 74 valence electrons. The lowest BCUT2D eigenvalue weighted by Gasteiger charge is -2.38. The molecule has 1 atom stereocenters. The summed E-state index contributed by atoms with van der Waals surface area (Å²) in [7, 11) is 0. The van der Waals surface area contributed by atoms with Crippen molar-refractivity contribution in [3.63, 3.8) is 0 Å². The van der Waals surface area contributed by atoms with Gasteiger partial charge in [0.25, 0.3) is 0 Å². The van der Waals surface area contributed by atoms with Crippen molar-refractivity contribution < 1.29 is 4.79 Å². The third-order valence-electron chi connectivity index (χ3n) is 2.94. The van der Waals surface area contributed by atoms with Crippen LogP contribution in [0.1, 0.15) is 32.6 Å². The van der Waals surface area contributed by atoms with Gasteiger partial charge >= 0.3 is 0 Å².